The van der Waals surface area contributed by atoms with Gasteiger partial charge < -0.3 is 10.4 Å². The molecule has 0 radical (unpaired) electrons. The summed E-state index contributed by atoms with van der Waals surface area (Å²) < 4.78 is 10.8. The molecule has 1 aromatic rings. The van der Waals surface area contributed by atoms with Crippen LogP contribution in [0.1, 0.15) is 18.5 Å². The zero-order chi connectivity index (χ0) is 11.3. The van der Waals surface area contributed by atoms with Gasteiger partial charge in [-0.25, -0.2) is 0 Å². The van der Waals surface area contributed by atoms with Crippen molar-refractivity contribution in [2.75, 3.05) is 18.6 Å². The van der Waals surface area contributed by atoms with Gasteiger partial charge in [0.2, 0.25) is 0 Å². The van der Waals surface area contributed by atoms with E-state index in [4.69, 9.17) is 5.11 Å². The van der Waals surface area contributed by atoms with Gasteiger partial charge >= 0.3 is 0 Å². The normalized spacial score (nSPS) is 14.8. The molecule has 0 saturated carbocycles. The van der Waals surface area contributed by atoms with Gasteiger partial charge in [0.1, 0.15) is 5.75 Å². The van der Waals surface area contributed by atoms with E-state index >= 15 is 0 Å². The highest BCUT2D eigenvalue weighted by atomic mass is 32.2. The molecule has 0 aliphatic heterocycles. The quantitative estimate of drug-likeness (QED) is 0.800. The van der Waals surface area contributed by atoms with Gasteiger partial charge in [0.15, 0.2) is 0 Å². The lowest BCUT2D eigenvalue weighted by Crippen LogP contribution is -2.23. The topological polar surface area (TPSA) is 49.3 Å². The number of nitrogens with one attached hydrogen (secondary N) is 1. The van der Waals surface area contributed by atoms with Gasteiger partial charge in [-0.15, -0.1) is 0 Å². The fourth-order valence-corrected chi connectivity index (χ4v) is 1.71. The van der Waals surface area contributed by atoms with Gasteiger partial charge in [0.05, 0.1) is 0 Å². The summed E-state index contributed by atoms with van der Waals surface area (Å²) in [6, 6.07) is 7.33. The largest absolute Gasteiger partial charge is 0.508 e. The number of phenols is 1. The molecule has 2 unspecified atom stereocenters. The summed E-state index contributed by atoms with van der Waals surface area (Å²) in [5.74, 6) is 0.947. The Morgan fingerprint density at radius 3 is 2.53 bits per heavy atom. The van der Waals surface area contributed by atoms with Gasteiger partial charge in [0.25, 0.3) is 0 Å². The molecule has 1 rings (SSSR count). The third kappa shape index (κ3) is 4.44. The lowest BCUT2D eigenvalue weighted by Gasteiger charge is -2.13. The fraction of sp³-hybridized carbons (Fsp3) is 0.455. The fourth-order valence-electron chi connectivity index (χ4n) is 1.30. The molecule has 2 N–H and O–H groups in total. The van der Waals surface area contributed by atoms with Crippen LogP contribution in [0.25, 0.3) is 0 Å². The summed E-state index contributed by atoms with van der Waals surface area (Å²) in [5, 5.41) is 12.4. The molecule has 0 fully saturated rings. The minimum Gasteiger partial charge on any atom is -0.508 e. The van der Waals surface area contributed by atoms with Crippen LogP contribution in [0, 0.1) is 0 Å². The lowest BCUT2D eigenvalue weighted by atomic mass is 10.1. The smallest absolute Gasteiger partial charge is 0.115 e. The first-order valence-corrected chi connectivity index (χ1v) is 6.64. The summed E-state index contributed by atoms with van der Waals surface area (Å²) in [6.07, 6.45) is 1.70. The van der Waals surface area contributed by atoms with Crippen LogP contribution in [-0.4, -0.2) is 27.9 Å². The van der Waals surface area contributed by atoms with E-state index in [1.54, 1.807) is 18.4 Å². The molecule has 0 saturated heterocycles. The lowest BCUT2D eigenvalue weighted by molar-refractivity contribution is 0.474. The van der Waals surface area contributed by atoms with Crippen molar-refractivity contribution in [1.82, 2.24) is 5.32 Å². The maximum absolute atomic E-state index is 10.8. The van der Waals surface area contributed by atoms with Crippen molar-refractivity contribution in [2.45, 2.75) is 13.0 Å². The van der Waals surface area contributed by atoms with Gasteiger partial charge in [0, 0.05) is 35.4 Å². The molecular weight excluding hydrogens is 210 g/mol. The molecule has 84 valence electrons. The molecule has 0 aliphatic rings. The summed E-state index contributed by atoms with van der Waals surface area (Å²) in [7, 11) is -0.745. The zero-order valence-corrected chi connectivity index (χ0v) is 9.88. The standard InChI is InChI=1S/C11H17NO2S/c1-9(12-7-8-15(2)14)10-3-5-11(13)6-4-10/h3-6,9,12-13H,7-8H2,1-2H3. The Bertz CT molecular complexity index is 324. The van der Waals surface area contributed by atoms with E-state index in [0.717, 1.165) is 12.1 Å². The van der Waals surface area contributed by atoms with E-state index in [1.165, 1.54) is 0 Å². The van der Waals surface area contributed by atoms with Crippen molar-refractivity contribution in [3.05, 3.63) is 29.8 Å². The molecule has 0 aromatic heterocycles. The van der Waals surface area contributed by atoms with Crippen molar-refractivity contribution in [3.8, 4) is 5.75 Å². The zero-order valence-electron chi connectivity index (χ0n) is 9.06. The molecule has 0 amide bonds. The first-order valence-electron chi connectivity index (χ1n) is 4.92. The Labute approximate surface area is 93.0 Å². The SMILES string of the molecule is CC(NCCS(C)=O)c1ccc(O)cc1. The van der Waals surface area contributed by atoms with E-state index in [1.807, 2.05) is 19.1 Å². The molecule has 2 atom stereocenters. The first kappa shape index (κ1) is 12.2. The highest BCUT2D eigenvalue weighted by Crippen LogP contribution is 2.15. The Kier molecular flexibility index (Phi) is 4.78. The summed E-state index contributed by atoms with van der Waals surface area (Å²) >= 11 is 0. The monoisotopic (exact) mass is 227 g/mol. The highest BCUT2D eigenvalue weighted by Gasteiger charge is 2.04. The number of phenolic OH excluding ortho intramolecular Hbond substituents is 1. The predicted octanol–water partition coefficient (Wildman–Crippen LogP) is 1.42. The minimum atomic E-state index is -0.745. The van der Waals surface area contributed by atoms with Crippen LogP contribution >= 0.6 is 0 Å². The molecule has 0 bridgehead atoms. The number of benzene rings is 1. The van der Waals surface area contributed by atoms with Crippen LogP contribution in [0.4, 0.5) is 0 Å². The molecule has 0 heterocycles. The van der Waals surface area contributed by atoms with Crippen LogP contribution < -0.4 is 5.32 Å². The maximum Gasteiger partial charge on any atom is 0.115 e. The third-order valence-electron chi connectivity index (χ3n) is 2.23. The van der Waals surface area contributed by atoms with Gasteiger partial charge in [-0.05, 0) is 24.6 Å². The van der Waals surface area contributed by atoms with E-state index in [9.17, 15) is 4.21 Å². The Hall–Kier alpha value is -0.870. The molecular formula is C11H17NO2S. The molecule has 15 heavy (non-hydrogen) atoms. The first-order chi connectivity index (χ1) is 7.09. The van der Waals surface area contributed by atoms with Crippen molar-refractivity contribution >= 4 is 10.8 Å². The van der Waals surface area contributed by atoms with Crippen LogP contribution in [0.3, 0.4) is 0 Å². The Balaban J connectivity index is 2.43. The maximum atomic E-state index is 10.8. The number of rotatable bonds is 5. The molecule has 3 nitrogen and oxygen atoms in total. The highest BCUT2D eigenvalue weighted by molar-refractivity contribution is 7.84. The number of hydrogen-bond acceptors (Lipinski definition) is 3. The second-order valence-corrected chi connectivity index (χ2v) is 5.10. The van der Waals surface area contributed by atoms with Crippen molar-refractivity contribution in [2.24, 2.45) is 0 Å². The van der Waals surface area contributed by atoms with E-state index < -0.39 is 10.8 Å². The van der Waals surface area contributed by atoms with Crippen molar-refractivity contribution in [3.63, 3.8) is 0 Å². The van der Waals surface area contributed by atoms with Gasteiger partial charge in [-0.3, -0.25) is 4.21 Å². The van der Waals surface area contributed by atoms with Crippen LogP contribution in [0.5, 0.6) is 5.75 Å². The number of hydrogen-bond donors (Lipinski definition) is 2. The van der Waals surface area contributed by atoms with Crippen LogP contribution in [-0.2, 0) is 10.8 Å². The third-order valence-corrected chi connectivity index (χ3v) is 3.01. The summed E-state index contributed by atoms with van der Waals surface area (Å²) in [4.78, 5) is 0. The summed E-state index contributed by atoms with van der Waals surface area (Å²) in [5.41, 5.74) is 1.12. The number of aromatic hydroxyl groups is 1. The predicted molar refractivity (Wildman–Crippen MR) is 63.5 cm³/mol. The average molecular weight is 227 g/mol. The van der Waals surface area contributed by atoms with E-state index in [0.29, 0.717) is 5.75 Å². The average Bonchev–Trinajstić information content (AvgIpc) is 2.18. The van der Waals surface area contributed by atoms with Crippen molar-refractivity contribution in [1.29, 1.82) is 0 Å². The Morgan fingerprint density at radius 1 is 1.40 bits per heavy atom. The molecule has 0 aliphatic carbocycles. The van der Waals surface area contributed by atoms with Crippen LogP contribution in [0.2, 0.25) is 0 Å². The van der Waals surface area contributed by atoms with Crippen molar-refractivity contribution < 1.29 is 9.32 Å². The Morgan fingerprint density at radius 2 is 2.00 bits per heavy atom. The van der Waals surface area contributed by atoms with Crippen LogP contribution in [0.15, 0.2) is 24.3 Å². The summed E-state index contributed by atoms with van der Waals surface area (Å²) in [6.45, 7) is 2.79. The minimum absolute atomic E-state index is 0.217. The van der Waals surface area contributed by atoms with Gasteiger partial charge in [-0.2, -0.15) is 0 Å². The second-order valence-electron chi connectivity index (χ2n) is 3.54. The molecule has 4 heteroatoms. The second kappa shape index (κ2) is 5.88. The molecule has 0 spiro atoms. The van der Waals surface area contributed by atoms with E-state index in [2.05, 4.69) is 5.32 Å². The van der Waals surface area contributed by atoms with E-state index in [-0.39, 0.29) is 11.8 Å². The van der Waals surface area contributed by atoms with Gasteiger partial charge in [-0.1, -0.05) is 12.1 Å². The molecule has 1 aromatic carbocycles.